The van der Waals surface area contributed by atoms with E-state index in [0.29, 0.717) is 28.0 Å². The Morgan fingerprint density at radius 1 is 1.00 bits per heavy atom. The molecule has 0 aromatic heterocycles. The highest BCUT2D eigenvalue weighted by molar-refractivity contribution is 6.35. The predicted molar refractivity (Wildman–Crippen MR) is 110 cm³/mol. The molecule has 0 heterocycles. The fourth-order valence-corrected chi connectivity index (χ4v) is 2.95. The van der Waals surface area contributed by atoms with E-state index in [4.69, 9.17) is 27.9 Å². The quantitative estimate of drug-likeness (QED) is 0.485. The first-order chi connectivity index (χ1) is 12.6. The predicted octanol–water partition coefficient (Wildman–Crippen LogP) is 6.00. The molecule has 0 radical (unpaired) electrons. The molecule has 26 heavy (non-hydrogen) atoms. The zero-order valence-corrected chi connectivity index (χ0v) is 16.4. The average Bonchev–Trinajstić information content (AvgIpc) is 2.59. The normalized spacial score (nSPS) is 10.4. The highest BCUT2D eigenvalue weighted by atomic mass is 35.5. The van der Waals surface area contributed by atoms with Gasteiger partial charge < -0.3 is 15.4 Å². The molecule has 0 fully saturated rings. The van der Waals surface area contributed by atoms with E-state index < -0.39 is 0 Å². The van der Waals surface area contributed by atoms with E-state index in [2.05, 4.69) is 17.6 Å². The zero-order valence-electron chi connectivity index (χ0n) is 14.9. The molecular weight excluding hydrogens is 371 g/mol. The molecule has 2 rings (SSSR count). The molecule has 0 aliphatic heterocycles. The van der Waals surface area contributed by atoms with Crippen LogP contribution >= 0.6 is 23.2 Å². The van der Waals surface area contributed by atoms with Gasteiger partial charge in [-0.2, -0.15) is 0 Å². The van der Waals surface area contributed by atoms with Gasteiger partial charge in [0.15, 0.2) is 0 Å². The van der Waals surface area contributed by atoms with Crippen molar-refractivity contribution in [2.75, 3.05) is 23.8 Å². The summed E-state index contributed by atoms with van der Waals surface area (Å²) >= 11 is 11.9. The van der Waals surface area contributed by atoms with Crippen LogP contribution in [-0.4, -0.2) is 19.1 Å². The Morgan fingerprint density at radius 3 is 2.50 bits per heavy atom. The van der Waals surface area contributed by atoms with Crippen molar-refractivity contribution in [3.8, 4) is 5.75 Å². The molecule has 0 aliphatic rings. The number of carbonyl (C=O) groups excluding carboxylic acids is 1. The Hall–Kier alpha value is -1.91. The van der Waals surface area contributed by atoms with E-state index in [1.54, 1.807) is 18.2 Å². The van der Waals surface area contributed by atoms with Crippen LogP contribution in [0.5, 0.6) is 5.75 Å². The van der Waals surface area contributed by atoms with Crippen LogP contribution < -0.4 is 15.4 Å². The standard InChI is InChI=1S/C20H24Cl2N2O2/c1-2-3-4-5-9-26-19-8-6-7-17(13-19)24-20(25)14-23-18-11-15(21)10-16(22)12-18/h6-8,10-13,23H,2-5,9,14H2,1H3,(H,24,25). The van der Waals surface area contributed by atoms with Crippen LogP contribution in [0.25, 0.3) is 0 Å². The lowest BCUT2D eigenvalue weighted by molar-refractivity contribution is -0.114. The molecule has 6 heteroatoms. The Kier molecular flexibility index (Phi) is 8.59. The first-order valence-electron chi connectivity index (χ1n) is 8.79. The molecule has 2 aromatic rings. The summed E-state index contributed by atoms with van der Waals surface area (Å²) in [5.74, 6) is 0.593. The van der Waals surface area contributed by atoms with Crippen LogP contribution in [0.15, 0.2) is 42.5 Å². The van der Waals surface area contributed by atoms with Crippen LogP contribution in [0, 0.1) is 0 Å². The van der Waals surface area contributed by atoms with Crippen LogP contribution in [0.4, 0.5) is 11.4 Å². The van der Waals surface area contributed by atoms with Gasteiger partial charge in [-0.15, -0.1) is 0 Å². The number of rotatable bonds is 10. The van der Waals surface area contributed by atoms with Crippen molar-refractivity contribution in [1.29, 1.82) is 0 Å². The summed E-state index contributed by atoms with van der Waals surface area (Å²) < 4.78 is 5.73. The van der Waals surface area contributed by atoms with Crippen molar-refractivity contribution in [2.24, 2.45) is 0 Å². The van der Waals surface area contributed by atoms with E-state index >= 15 is 0 Å². The number of amides is 1. The Labute approximate surface area is 164 Å². The van der Waals surface area contributed by atoms with Gasteiger partial charge in [0.05, 0.1) is 13.2 Å². The van der Waals surface area contributed by atoms with Crippen LogP contribution in [0.1, 0.15) is 32.6 Å². The lowest BCUT2D eigenvalue weighted by Crippen LogP contribution is -2.21. The van der Waals surface area contributed by atoms with Gasteiger partial charge >= 0.3 is 0 Å². The number of benzene rings is 2. The van der Waals surface area contributed by atoms with Crippen molar-refractivity contribution < 1.29 is 9.53 Å². The van der Waals surface area contributed by atoms with E-state index in [9.17, 15) is 4.79 Å². The van der Waals surface area contributed by atoms with Crippen LogP contribution in [-0.2, 0) is 4.79 Å². The molecule has 140 valence electrons. The van der Waals surface area contributed by atoms with Crippen molar-refractivity contribution in [2.45, 2.75) is 32.6 Å². The fourth-order valence-electron chi connectivity index (χ4n) is 2.43. The second-order valence-corrected chi connectivity index (χ2v) is 6.87. The molecule has 0 aliphatic carbocycles. The van der Waals surface area contributed by atoms with E-state index in [1.807, 2.05) is 24.3 Å². The minimum atomic E-state index is -0.166. The van der Waals surface area contributed by atoms with Crippen molar-refractivity contribution >= 4 is 40.5 Å². The molecule has 0 saturated carbocycles. The Morgan fingerprint density at radius 2 is 1.77 bits per heavy atom. The van der Waals surface area contributed by atoms with Gasteiger partial charge in [0.25, 0.3) is 0 Å². The van der Waals surface area contributed by atoms with Gasteiger partial charge in [0, 0.05) is 27.5 Å². The van der Waals surface area contributed by atoms with Crippen molar-refractivity contribution in [1.82, 2.24) is 0 Å². The van der Waals surface area contributed by atoms with Crippen molar-refractivity contribution in [3.63, 3.8) is 0 Å². The highest BCUT2D eigenvalue weighted by Crippen LogP contribution is 2.22. The summed E-state index contributed by atoms with van der Waals surface area (Å²) in [6, 6.07) is 12.5. The van der Waals surface area contributed by atoms with Gasteiger partial charge in [0.2, 0.25) is 5.91 Å². The SMILES string of the molecule is CCCCCCOc1cccc(NC(=O)CNc2cc(Cl)cc(Cl)c2)c1. The van der Waals surface area contributed by atoms with Crippen molar-refractivity contribution in [3.05, 3.63) is 52.5 Å². The topological polar surface area (TPSA) is 50.4 Å². The molecule has 0 unspecified atom stereocenters. The number of anilines is 2. The summed E-state index contributed by atoms with van der Waals surface area (Å²) in [6.45, 7) is 2.98. The van der Waals surface area contributed by atoms with E-state index in [-0.39, 0.29) is 12.5 Å². The first-order valence-corrected chi connectivity index (χ1v) is 9.55. The molecular formula is C20H24Cl2N2O2. The zero-order chi connectivity index (χ0) is 18.8. The maximum Gasteiger partial charge on any atom is 0.243 e. The minimum Gasteiger partial charge on any atom is -0.494 e. The van der Waals surface area contributed by atoms with Gasteiger partial charge in [-0.3, -0.25) is 4.79 Å². The third-order valence-electron chi connectivity index (χ3n) is 3.70. The van der Waals surface area contributed by atoms with Crippen LogP contribution in [0.2, 0.25) is 10.0 Å². The third-order valence-corrected chi connectivity index (χ3v) is 4.14. The first kappa shape index (κ1) is 20.4. The molecule has 2 aromatic carbocycles. The second-order valence-electron chi connectivity index (χ2n) is 6.00. The molecule has 0 atom stereocenters. The summed E-state index contributed by atoms with van der Waals surface area (Å²) in [5, 5.41) is 6.88. The molecule has 4 nitrogen and oxygen atoms in total. The maximum absolute atomic E-state index is 12.1. The molecule has 2 N–H and O–H groups in total. The van der Waals surface area contributed by atoms with Gasteiger partial charge in [0.1, 0.15) is 5.75 Å². The number of hydrogen-bond donors (Lipinski definition) is 2. The fraction of sp³-hybridized carbons (Fsp3) is 0.350. The summed E-state index contributed by atoms with van der Waals surface area (Å²) in [6.07, 6.45) is 4.64. The van der Waals surface area contributed by atoms with E-state index in [0.717, 1.165) is 12.2 Å². The number of hydrogen-bond acceptors (Lipinski definition) is 3. The molecule has 0 spiro atoms. The van der Waals surface area contributed by atoms with Gasteiger partial charge in [-0.1, -0.05) is 55.5 Å². The molecule has 0 bridgehead atoms. The minimum absolute atomic E-state index is 0.110. The molecule has 0 saturated heterocycles. The summed E-state index contributed by atoms with van der Waals surface area (Å²) in [4.78, 5) is 12.1. The third kappa shape index (κ3) is 7.54. The maximum atomic E-state index is 12.1. The van der Waals surface area contributed by atoms with E-state index in [1.165, 1.54) is 19.3 Å². The number of halogens is 2. The second kappa shape index (κ2) is 10.9. The Bertz CT molecular complexity index is 702. The van der Waals surface area contributed by atoms with Gasteiger partial charge in [-0.25, -0.2) is 0 Å². The monoisotopic (exact) mass is 394 g/mol. The lowest BCUT2D eigenvalue weighted by atomic mass is 10.2. The molecule has 1 amide bonds. The summed E-state index contributed by atoms with van der Waals surface area (Å²) in [7, 11) is 0. The number of ether oxygens (including phenoxy) is 1. The highest BCUT2D eigenvalue weighted by Gasteiger charge is 2.05. The van der Waals surface area contributed by atoms with Gasteiger partial charge in [-0.05, 0) is 36.8 Å². The average molecular weight is 395 g/mol. The number of unbranched alkanes of at least 4 members (excludes halogenated alkanes) is 3. The lowest BCUT2D eigenvalue weighted by Gasteiger charge is -2.10. The largest absolute Gasteiger partial charge is 0.494 e. The van der Waals surface area contributed by atoms with Crippen LogP contribution in [0.3, 0.4) is 0 Å². The number of carbonyl (C=O) groups is 1. The smallest absolute Gasteiger partial charge is 0.243 e. The number of nitrogens with one attached hydrogen (secondary N) is 2. The Balaban J connectivity index is 1.80. The summed E-state index contributed by atoms with van der Waals surface area (Å²) in [5.41, 5.74) is 1.40.